The summed E-state index contributed by atoms with van der Waals surface area (Å²) in [5.41, 5.74) is 0. The van der Waals surface area contributed by atoms with Gasteiger partial charge in [-0.05, 0) is 25.4 Å². The van der Waals surface area contributed by atoms with Crippen molar-refractivity contribution >= 4 is 34.9 Å². The summed E-state index contributed by atoms with van der Waals surface area (Å²) in [6, 6.07) is 0.0334. The maximum absolute atomic E-state index is 12.2. The van der Waals surface area contributed by atoms with Gasteiger partial charge in [0.05, 0.1) is 0 Å². The van der Waals surface area contributed by atoms with Crippen molar-refractivity contribution in [1.29, 1.82) is 0 Å². The highest BCUT2D eigenvalue weighted by Crippen LogP contribution is 2.17. The topological polar surface area (TPSA) is 69.6 Å². The molecule has 1 aliphatic rings. The van der Waals surface area contributed by atoms with Crippen LogP contribution >= 0.6 is 22.9 Å². The summed E-state index contributed by atoms with van der Waals surface area (Å²) >= 11 is 6.76. The molecule has 0 bridgehead atoms. The molecule has 2 heterocycles. The van der Waals surface area contributed by atoms with Gasteiger partial charge in [-0.2, -0.15) is 0 Å². The van der Waals surface area contributed by atoms with Crippen molar-refractivity contribution in [1.82, 2.24) is 24.9 Å². The van der Waals surface area contributed by atoms with E-state index in [1.807, 2.05) is 13.8 Å². The van der Waals surface area contributed by atoms with Crippen LogP contribution in [0.1, 0.15) is 23.6 Å². The van der Waals surface area contributed by atoms with Crippen LogP contribution < -0.4 is 0 Å². The summed E-state index contributed by atoms with van der Waals surface area (Å²) in [6.07, 6.45) is 0. The normalized spacial score (nSPS) is 15.2. The molecule has 2 rings (SSSR count). The predicted octanol–water partition coefficient (Wildman–Crippen LogP) is 1.41. The van der Waals surface area contributed by atoms with Crippen LogP contribution in [0.4, 0.5) is 4.79 Å². The van der Waals surface area contributed by atoms with Crippen molar-refractivity contribution in [3.63, 3.8) is 0 Å². The summed E-state index contributed by atoms with van der Waals surface area (Å²) in [4.78, 5) is 29.7. The molecule has 1 aromatic rings. The highest BCUT2D eigenvalue weighted by molar-refractivity contribution is 7.17. The fourth-order valence-electron chi connectivity index (χ4n) is 2.22. The lowest BCUT2D eigenvalue weighted by Crippen LogP contribution is -2.54. The Kier molecular flexibility index (Phi) is 5.35. The molecular weight excluding hydrogens is 314 g/mol. The zero-order chi connectivity index (χ0) is 15.4. The molecule has 21 heavy (non-hydrogen) atoms. The molecule has 0 aliphatic carbocycles. The molecule has 1 fully saturated rings. The number of carbonyl (C=O) groups excluding carboxylic acids is 2. The third kappa shape index (κ3) is 3.62. The van der Waals surface area contributed by atoms with Crippen LogP contribution in [0.25, 0.3) is 0 Å². The molecule has 0 unspecified atom stereocenters. The molecule has 3 amide bonds. The molecule has 1 aromatic heterocycles. The summed E-state index contributed by atoms with van der Waals surface area (Å²) in [7, 11) is 0. The Labute approximate surface area is 132 Å². The average molecular weight is 332 g/mol. The molecule has 1 aliphatic heterocycles. The smallest absolute Gasteiger partial charge is 0.320 e. The van der Waals surface area contributed by atoms with E-state index in [0.717, 1.165) is 11.3 Å². The fourth-order valence-corrected chi connectivity index (χ4v) is 3.02. The maximum atomic E-state index is 12.2. The molecular formula is C12H18ClN5O2S. The van der Waals surface area contributed by atoms with Crippen molar-refractivity contribution in [3.05, 3.63) is 9.47 Å². The first-order valence-electron chi connectivity index (χ1n) is 6.89. The quantitative estimate of drug-likeness (QED) is 0.839. The molecule has 0 saturated carbocycles. The third-order valence-corrected chi connectivity index (χ3v) is 4.46. The van der Waals surface area contributed by atoms with Gasteiger partial charge in [0.25, 0.3) is 5.91 Å². The number of amides is 3. The van der Waals surface area contributed by atoms with Gasteiger partial charge < -0.3 is 14.7 Å². The SMILES string of the molecule is CCN(CC)C(=O)N1CCN(C(=O)c2nnc(Cl)s2)CC1. The van der Waals surface area contributed by atoms with Crippen LogP contribution in [-0.2, 0) is 0 Å². The minimum Gasteiger partial charge on any atom is -0.333 e. The number of hydrogen-bond donors (Lipinski definition) is 0. The van der Waals surface area contributed by atoms with Gasteiger partial charge in [-0.1, -0.05) is 11.3 Å². The van der Waals surface area contributed by atoms with Crippen LogP contribution in [-0.4, -0.2) is 76.1 Å². The van der Waals surface area contributed by atoms with E-state index in [1.54, 1.807) is 14.7 Å². The minimum absolute atomic E-state index is 0.0334. The first-order valence-corrected chi connectivity index (χ1v) is 8.08. The number of rotatable bonds is 3. The van der Waals surface area contributed by atoms with Crippen LogP contribution in [0.3, 0.4) is 0 Å². The van der Waals surface area contributed by atoms with Crippen molar-refractivity contribution in [2.45, 2.75) is 13.8 Å². The summed E-state index contributed by atoms with van der Waals surface area (Å²) < 4.78 is 0.258. The van der Waals surface area contributed by atoms with Gasteiger partial charge in [0.15, 0.2) is 0 Å². The van der Waals surface area contributed by atoms with E-state index < -0.39 is 0 Å². The number of carbonyl (C=O) groups is 2. The van der Waals surface area contributed by atoms with Gasteiger partial charge in [-0.3, -0.25) is 4.79 Å². The van der Waals surface area contributed by atoms with Gasteiger partial charge in [0.2, 0.25) is 9.47 Å². The van der Waals surface area contributed by atoms with Crippen LogP contribution in [0.5, 0.6) is 0 Å². The Bertz CT molecular complexity index is 512. The molecule has 0 N–H and O–H groups in total. The highest BCUT2D eigenvalue weighted by Gasteiger charge is 2.28. The lowest BCUT2D eigenvalue weighted by Gasteiger charge is -2.36. The molecule has 7 nitrogen and oxygen atoms in total. The van der Waals surface area contributed by atoms with E-state index in [0.29, 0.717) is 44.3 Å². The number of aromatic nitrogens is 2. The molecule has 0 aromatic carbocycles. The summed E-state index contributed by atoms with van der Waals surface area (Å²) in [5.74, 6) is -0.172. The monoisotopic (exact) mass is 331 g/mol. The Morgan fingerprint density at radius 3 is 2.19 bits per heavy atom. The van der Waals surface area contributed by atoms with E-state index in [2.05, 4.69) is 10.2 Å². The Morgan fingerprint density at radius 1 is 1.14 bits per heavy atom. The van der Waals surface area contributed by atoms with Crippen molar-refractivity contribution in [2.75, 3.05) is 39.3 Å². The Hall–Kier alpha value is -1.41. The van der Waals surface area contributed by atoms with E-state index >= 15 is 0 Å². The first-order chi connectivity index (χ1) is 10.1. The van der Waals surface area contributed by atoms with Crippen LogP contribution in [0.2, 0.25) is 4.47 Å². The largest absolute Gasteiger partial charge is 0.333 e. The van der Waals surface area contributed by atoms with Crippen molar-refractivity contribution in [3.8, 4) is 0 Å². The molecule has 1 saturated heterocycles. The Balaban J connectivity index is 1.91. The number of piperazine rings is 1. The standard InChI is InChI=1S/C12H18ClN5O2S/c1-3-16(4-2)12(20)18-7-5-17(6-8-18)10(19)9-14-15-11(13)21-9/h3-8H2,1-2H3. The van der Waals surface area contributed by atoms with Crippen LogP contribution in [0, 0.1) is 0 Å². The molecule has 0 atom stereocenters. The summed E-state index contributed by atoms with van der Waals surface area (Å²) in [6.45, 7) is 7.38. The lowest BCUT2D eigenvalue weighted by molar-refractivity contribution is 0.0640. The van der Waals surface area contributed by atoms with E-state index in [1.165, 1.54) is 0 Å². The van der Waals surface area contributed by atoms with Crippen molar-refractivity contribution in [2.24, 2.45) is 0 Å². The van der Waals surface area contributed by atoms with Gasteiger partial charge >= 0.3 is 6.03 Å². The second kappa shape index (κ2) is 7.04. The summed E-state index contributed by atoms with van der Waals surface area (Å²) in [5, 5.41) is 7.69. The van der Waals surface area contributed by atoms with E-state index in [9.17, 15) is 9.59 Å². The van der Waals surface area contributed by atoms with Gasteiger partial charge in [0.1, 0.15) is 0 Å². The minimum atomic E-state index is -0.172. The second-order valence-corrected chi connectivity index (χ2v) is 6.15. The van der Waals surface area contributed by atoms with Gasteiger partial charge in [-0.15, -0.1) is 10.2 Å². The number of halogens is 1. The van der Waals surface area contributed by atoms with Crippen molar-refractivity contribution < 1.29 is 9.59 Å². The number of urea groups is 1. The van der Waals surface area contributed by atoms with E-state index in [4.69, 9.17) is 11.6 Å². The zero-order valence-corrected chi connectivity index (χ0v) is 13.7. The van der Waals surface area contributed by atoms with Gasteiger partial charge in [0, 0.05) is 39.3 Å². The predicted molar refractivity (Wildman–Crippen MR) is 80.7 cm³/mol. The molecule has 116 valence electrons. The lowest BCUT2D eigenvalue weighted by atomic mass is 10.3. The zero-order valence-electron chi connectivity index (χ0n) is 12.1. The average Bonchev–Trinajstić information content (AvgIpc) is 2.94. The maximum Gasteiger partial charge on any atom is 0.320 e. The molecule has 0 spiro atoms. The molecule has 9 heteroatoms. The first kappa shape index (κ1) is 16.0. The van der Waals surface area contributed by atoms with Gasteiger partial charge in [-0.25, -0.2) is 4.79 Å². The fraction of sp³-hybridized carbons (Fsp3) is 0.667. The third-order valence-electron chi connectivity index (χ3n) is 3.45. The number of nitrogens with zero attached hydrogens (tertiary/aromatic N) is 5. The molecule has 0 radical (unpaired) electrons. The highest BCUT2D eigenvalue weighted by atomic mass is 35.5. The second-order valence-electron chi connectivity index (χ2n) is 4.59. The van der Waals surface area contributed by atoms with Crippen LogP contribution in [0.15, 0.2) is 0 Å². The number of hydrogen-bond acceptors (Lipinski definition) is 5. The Morgan fingerprint density at radius 2 is 1.71 bits per heavy atom. The van der Waals surface area contributed by atoms with E-state index in [-0.39, 0.29) is 16.4 Å².